The first-order valence-corrected chi connectivity index (χ1v) is 6.72. The molecule has 5 heteroatoms. The topological polar surface area (TPSA) is 50.7 Å². The Morgan fingerprint density at radius 1 is 1.37 bits per heavy atom. The van der Waals surface area contributed by atoms with E-state index in [2.05, 4.69) is 10.5 Å². The van der Waals surface area contributed by atoms with E-state index in [1.165, 1.54) is 0 Å². The second-order valence-electron chi connectivity index (χ2n) is 3.95. The van der Waals surface area contributed by atoms with Crippen molar-refractivity contribution in [2.45, 2.75) is 6.92 Å². The average Bonchev–Trinajstić information content (AvgIpc) is 2.91. The lowest BCUT2D eigenvalue weighted by Gasteiger charge is -2.04. The van der Waals surface area contributed by atoms with E-state index in [1.807, 2.05) is 48.0 Å². The van der Waals surface area contributed by atoms with Crippen LogP contribution in [0.15, 0.2) is 46.2 Å². The number of carbonyl (C=O) groups excluding carboxylic acids is 1. The van der Waals surface area contributed by atoms with E-state index < -0.39 is 0 Å². The van der Waals surface area contributed by atoms with Crippen LogP contribution in [0.4, 0.5) is 0 Å². The number of amides is 1. The molecule has 1 heterocycles. The van der Waals surface area contributed by atoms with Crippen LogP contribution in [0.3, 0.4) is 0 Å². The molecule has 0 bridgehead atoms. The summed E-state index contributed by atoms with van der Waals surface area (Å²) in [5.41, 5.74) is 4.53. The van der Waals surface area contributed by atoms with Crippen molar-refractivity contribution in [1.82, 2.24) is 5.43 Å². The largest absolute Gasteiger partial charge is 0.484 e. The van der Waals surface area contributed by atoms with Crippen LogP contribution < -0.4 is 10.2 Å². The lowest BCUT2D eigenvalue weighted by molar-refractivity contribution is -0.123. The molecule has 1 amide bonds. The monoisotopic (exact) mass is 274 g/mol. The van der Waals surface area contributed by atoms with Gasteiger partial charge in [-0.3, -0.25) is 4.79 Å². The number of thiophene rings is 1. The van der Waals surface area contributed by atoms with Crippen molar-refractivity contribution < 1.29 is 9.53 Å². The minimum atomic E-state index is -0.285. The summed E-state index contributed by atoms with van der Waals surface area (Å²) in [4.78, 5) is 11.5. The Hall–Kier alpha value is -2.14. The van der Waals surface area contributed by atoms with Crippen molar-refractivity contribution in [3.05, 3.63) is 52.2 Å². The first kappa shape index (κ1) is 13.3. The zero-order valence-corrected chi connectivity index (χ0v) is 11.3. The Morgan fingerprint density at radius 3 is 2.84 bits per heavy atom. The minimum Gasteiger partial charge on any atom is -0.484 e. The van der Waals surface area contributed by atoms with E-state index in [0.717, 1.165) is 11.1 Å². The number of hydrogen-bond donors (Lipinski definition) is 1. The predicted molar refractivity (Wildman–Crippen MR) is 76.7 cm³/mol. The quantitative estimate of drug-likeness (QED) is 0.673. The summed E-state index contributed by atoms with van der Waals surface area (Å²) in [6.07, 6.45) is 1.60. The smallest absolute Gasteiger partial charge is 0.277 e. The molecule has 0 aliphatic carbocycles. The number of hydrazone groups is 1. The molecule has 0 saturated heterocycles. The molecule has 0 spiro atoms. The maximum Gasteiger partial charge on any atom is 0.277 e. The van der Waals surface area contributed by atoms with Crippen molar-refractivity contribution in [1.29, 1.82) is 0 Å². The van der Waals surface area contributed by atoms with Gasteiger partial charge in [-0.25, -0.2) is 5.43 Å². The highest BCUT2D eigenvalue weighted by molar-refractivity contribution is 7.08. The lowest BCUT2D eigenvalue weighted by atomic mass is 10.2. The van der Waals surface area contributed by atoms with Crippen molar-refractivity contribution in [2.75, 3.05) is 6.61 Å². The van der Waals surface area contributed by atoms with Crippen molar-refractivity contribution in [2.24, 2.45) is 5.10 Å². The Morgan fingerprint density at radius 2 is 2.16 bits per heavy atom. The van der Waals surface area contributed by atoms with Crippen LogP contribution in [0.5, 0.6) is 5.75 Å². The molecule has 0 saturated carbocycles. The van der Waals surface area contributed by atoms with Gasteiger partial charge in [-0.2, -0.15) is 16.4 Å². The molecule has 0 radical (unpaired) electrons. The highest BCUT2D eigenvalue weighted by Gasteiger charge is 2.00. The number of aryl methyl sites for hydroxylation is 1. The number of carbonyl (C=O) groups is 1. The average molecular weight is 274 g/mol. The molecule has 1 N–H and O–H groups in total. The number of ether oxygens (including phenoxy) is 1. The van der Waals surface area contributed by atoms with Gasteiger partial charge in [0.15, 0.2) is 6.61 Å². The molecule has 4 nitrogen and oxygen atoms in total. The third kappa shape index (κ3) is 4.56. The Bertz CT molecular complexity index is 547. The molecule has 1 aromatic carbocycles. The molecule has 98 valence electrons. The molecule has 19 heavy (non-hydrogen) atoms. The fourth-order valence-electron chi connectivity index (χ4n) is 1.34. The fourth-order valence-corrected chi connectivity index (χ4v) is 1.95. The van der Waals surface area contributed by atoms with Gasteiger partial charge in [0, 0.05) is 5.56 Å². The maximum absolute atomic E-state index is 11.5. The van der Waals surface area contributed by atoms with Crippen LogP contribution in [0.25, 0.3) is 0 Å². The first-order chi connectivity index (χ1) is 9.24. The van der Waals surface area contributed by atoms with Crippen molar-refractivity contribution in [3.8, 4) is 5.75 Å². The van der Waals surface area contributed by atoms with Gasteiger partial charge in [-0.05, 0) is 35.9 Å². The second-order valence-corrected chi connectivity index (χ2v) is 4.73. The molecule has 2 rings (SSSR count). The molecule has 0 atom stereocenters. The molecule has 0 fully saturated rings. The summed E-state index contributed by atoms with van der Waals surface area (Å²) < 4.78 is 5.33. The van der Waals surface area contributed by atoms with Crippen LogP contribution in [0.2, 0.25) is 0 Å². The predicted octanol–water partition coefficient (Wildman–Crippen LogP) is 2.59. The van der Waals surface area contributed by atoms with E-state index in [0.29, 0.717) is 5.75 Å². The second kappa shape index (κ2) is 6.70. The third-order valence-corrected chi connectivity index (χ3v) is 3.04. The lowest BCUT2D eigenvalue weighted by Crippen LogP contribution is -2.24. The summed E-state index contributed by atoms with van der Waals surface area (Å²) in [7, 11) is 0. The van der Waals surface area contributed by atoms with Gasteiger partial charge >= 0.3 is 0 Å². The maximum atomic E-state index is 11.5. The fraction of sp³-hybridized carbons (Fsp3) is 0.143. The van der Waals surface area contributed by atoms with Crippen LogP contribution in [0, 0.1) is 6.92 Å². The minimum absolute atomic E-state index is 0.0515. The third-order valence-electron chi connectivity index (χ3n) is 2.34. The molecule has 0 aliphatic rings. The van der Waals surface area contributed by atoms with E-state index in [4.69, 9.17) is 4.74 Å². The highest BCUT2D eigenvalue weighted by Crippen LogP contribution is 2.10. The summed E-state index contributed by atoms with van der Waals surface area (Å²) >= 11 is 1.58. The molecular weight excluding hydrogens is 260 g/mol. The SMILES string of the molecule is Cc1ccc(OCC(=O)NN=Cc2ccsc2)cc1. The van der Waals surface area contributed by atoms with E-state index in [-0.39, 0.29) is 12.5 Å². The molecule has 1 aromatic heterocycles. The van der Waals surface area contributed by atoms with Crippen molar-refractivity contribution in [3.63, 3.8) is 0 Å². The Balaban J connectivity index is 1.74. The van der Waals surface area contributed by atoms with Crippen LogP contribution in [-0.4, -0.2) is 18.7 Å². The van der Waals surface area contributed by atoms with Crippen LogP contribution in [-0.2, 0) is 4.79 Å². The summed E-state index contributed by atoms with van der Waals surface area (Å²) in [6.45, 7) is 1.94. The van der Waals surface area contributed by atoms with Gasteiger partial charge < -0.3 is 4.74 Å². The van der Waals surface area contributed by atoms with Gasteiger partial charge in [0.2, 0.25) is 0 Å². The zero-order chi connectivity index (χ0) is 13.5. The molecule has 2 aromatic rings. The van der Waals surface area contributed by atoms with Crippen molar-refractivity contribution >= 4 is 23.5 Å². The first-order valence-electron chi connectivity index (χ1n) is 5.77. The normalized spacial score (nSPS) is 10.6. The number of nitrogens with zero attached hydrogens (tertiary/aromatic N) is 1. The molecule has 0 aliphatic heterocycles. The van der Waals surface area contributed by atoms with Gasteiger partial charge in [0.1, 0.15) is 5.75 Å². The summed E-state index contributed by atoms with van der Waals surface area (Å²) in [5, 5.41) is 7.73. The van der Waals surface area contributed by atoms with Crippen LogP contribution in [0.1, 0.15) is 11.1 Å². The number of benzene rings is 1. The number of rotatable bonds is 5. The van der Waals surface area contributed by atoms with Gasteiger partial charge in [0.25, 0.3) is 5.91 Å². The molecular formula is C14H14N2O2S. The highest BCUT2D eigenvalue weighted by atomic mass is 32.1. The Labute approximate surface area is 115 Å². The van der Waals surface area contributed by atoms with E-state index in [9.17, 15) is 4.79 Å². The number of nitrogens with one attached hydrogen (secondary N) is 1. The summed E-state index contributed by atoms with van der Waals surface area (Å²) in [5.74, 6) is 0.384. The summed E-state index contributed by atoms with van der Waals surface area (Å²) in [6, 6.07) is 9.45. The van der Waals surface area contributed by atoms with Gasteiger partial charge in [-0.1, -0.05) is 17.7 Å². The van der Waals surface area contributed by atoms with E-state index >= 15 is 0 Å². The Kier molecular flexibility index (Phi) is 4.69. The zero-order valence-electron chi connectivity index (χ0n) is 10.5. The van der Waals surface area contributed by atoms with Crippen LogP contribution >= 0.6 is 11.3 Å². The van der Waals surface area contributed by atoms with Gasteiger partial charge in [-0.15, -0.1) is 0 Å². The van der Waals surface area contributed by atoms with E-state index in [1.54, 1.807) is 17.6 Å². The number of hydrogen-bond acceptors (Lipinski definition) is 4. The van der Waals surface area contributed by atoms with Gasteiger partial charge in [0.05, 0.1) is 6.21 Å². The molecule has 0 unspecified atom stereocenters. The standard InChI is InChI=1S/C14H14N2O2S/c1-11-2-4-13(5-3-11)18-9-14(17)16-15-8-12-6-7-19-10-12/h2-8,10H,9H2,1H3,(H,16,17).